The monoisotopic (exact) mass is 235 g/mol. The number of nitrogens with zero attached hydrogens (tertiary/aromatic N) is 1. The summed E-state index contributed by atoms with van der Waals surface area (Å²) < 4.78 is 0. The maximum Gasteiger partial charge on any atom is 0.314 e. The molecule has 0 radical (unpaired) electrons. The third kappa shape index (κ3) is 2.48. The summed E-state index contributed by atoms with van der Waals surface area (Å²) in [6.07, 6.45) is 0.919. The first-order valence-corrected chi connectivity index (χ1v) is 5.77. The van der Waals surface area contributed by atoms with Crippen LogP contribution in [-0.2, 0) is 11.2 Å². The molecule has 1 aliphatic rings. The van der Waals surface area contributed by atoms with E-state index < -0.39 is 11.4 Å². The SMILES string of the molecule is O=C(O)C1(CO)CN(CCc2ccccc2)C1. The molecular weight excluding hydrogens is 218 g/mol. The van der Waals surface area contributed by atoms with Gasteiger partial charge in [0.15, 0.2) is 0 Å². The number of likely N-dealkylation sites (tertiary alicyclic amines) is 1. The van der Waals surface area contributed by atoms with E-state index in [-0.39, 0.29) is 6.61 Å². The minimum atomic E-state index is -0.920. The highest BCUT2D eigenvalue weighted by atomic mass is 16.4. The van der Waals surface area contributed by atoms with Crippen LogP contribution in [0.1, 0.15) is 5.56 Å². The fourth-order valence-electron chi connectivity index (χ4n) is 2.20. The number of carbonyl (C=O) groups is 1. The second-order valence-corrected chi connectivity index (χ2v) is 4.69. The molecule has 1 aromatic rings. The number of hydrogen-bond acceptors (Lipinski definition) is 3. The average Bonchev–Trinajstić information content (AvgIpc) is 2.29. The van der Waals surface area contributed by atoms with E-state index in [0.717, 1.165) is 13.0 Å². The molecule has 92 valence electrons. The molecule has 1 fully saturated rings. The van der Waals surface area contributed by atoms with Crippen molar-refractivity contribution in [2.24, 2.45) is 5.41 Å². The van der Waals surface area contributed by atoms with Crippen molar-refractivity contribution in [3.8, 4) is 0 Å². The van der Waals surface area contributed by atoms with Crippen LogP contribution in [-0.4, -0.2) is 47.3 Å². The van der Waals surface area contributed by atoms with Crippen molar-refractivity contribution in [3.05, 3.63) is 35.9 Å². The molecule has 0 unspecified atom stereocenters. The summed E-state index contributed by atoms with van der Waals surface area (Å²) in [6, 6.07) is 10.1. The zero-order chi connectivity index (χ0) is 12.3. The van der Waals surface area contributed by atoms with Crippen molar-refractivity contribution in [1.82, 2.24) is 4.90 Å². The topological polar surface area (TPSA) is 60.8 Å². The van der Waals surface area contributed by atoms with E-state index in [4.69, 9.17) is 10.2 Å². The smallest absolute Gasteiger partial charge is 0.314 e. The fraction of sp³-hybridized carbons (Fsp3) is 0.462. The second kappa shape index (κ2) is 4.85. The maximum atomic E-state index is 11.0. The predicted molar refractivity (Wildman–Crippen MR) is 63.7 cm³/mol. The summed E-state index contributed by atoms with van der Waals surface area (Å²) in [5.74, 6) is -0.893. The Labute approximate surface area is 100 Å². The highest BCUT2D eigenvalue weighted by Gasteiger charge is 2.48. The number of aliphatic hydroxyl groups is 1. The van der Waals surface area contributed by atoms with Crippen molar-refractivity contribution in [3.63, 3.8) is 0 Å². The van der Waals surface area contributed by atoms with Gasteiger partial charge < -0.3 is 15.1 Å². The molecule has 2 N–H and O–H groups in total. The van der Waals surface area contributed by atoms with E-state index in [0.29, 0.717) is 13.1 Å². The van der Waals surface area contributed by atoms with Crippen LogP contribution in [0, 0.1) is 5.41 Å². The van der Waals surface area contributed by atoms with E-state index in [1.807, 2.05) is 18.2 Å². The normalized spacial score (nSPS) is 18.6. The lowest BCUT2D eigenvalue weighted by Crippen LogP contribution is -2.62. The minimum Gasteiger partial charge on any atom is -0.481 e. The van der Waals surface area contributed by atoms with E-state index in [1.54, 1.807) is 0 Å². The van der Waals surface area contributed by atoms with Gasteiger partial charge in [-0.3, -0.25) is 4.79 Å². The van der Waals surface area contributed by atoms with Gasteiger partial charge in [0.25, 0.3) is 0 Å². The summed E-state index contributed by atoms with van der Waals surface area (Å²) in [7, 11) is 0. The van der Waals surface area contributed by atoms with Gasteiger partial charge in [0, 0.05) is 19.6 Å². The van der Waals surface area contributed by atoms with Crippen LogP contribution in [0.5, 0.6) is 0 Å². The Balaban J connectivity index is 1.80. The fourth-order valence-corrected chi connectivity index (χ4v) is 2.20. The Morgan fingerprint density at radius 1 is 1.29 bits per heavy atom. The van der Waals surface area contributed by atoms with Crippen molar-refractivity contribution in [1.29, 1.82) is 0 Å². The Hall–Kier alpha value is -1.39. The molecular formula is C13H17NO3. The number of aliphatic hydroxyl groups excluding tert-OH is 1. The van der Waals surface area contributed by atoms with Crippen LogP contribution >= 0.6 is 0 Å². The Kier molecular flexibility index (Phi) is 3.45. The van der Waals surface area contributed by atoms with Gasteiger partial charge in [0.1, 0.15) is 5.41 Å². The lowest BCUT2D eigenvalue weighted by atomic mass is 9.80. The highest BCUT2D eigenvalue weighted by molar-refractivity contribution is 5.76. The number of aliphatic carboxylic acids is 1. The van der Waals surface area contributed by atoms with Gasteiger partial charge in [-0.1, -0.05) is 30.3 Å². The number of rotatable bonds is 5. The van der Waals surface area contributed by atoms with Gasteiger partial charge in [-0.15, -0.1) is 0 Å². The maximum absolute atomic E-state index is 11.0. The third-order valence-corrected chi connectivity index (χ3v) is 3.37. The first-order valence-electron chi connectivity index (χ1n) is 5.77. The van der Waals surface area contributed by atoms with Crippen LogP contribution in [0.3, 0.4) is 0 Å². The van der Waals surface area contributed by atoms with Gasteiger partial charge in [-0.05, 0) is 12.0 Å². The molecule has 1 aliphatic heterocycles. The molecule has 0 bridgehead atoms. The van der Waals surface area contributed by atoms with Crippen LogP contribution in [0.25, 0.3) is 0 Å². The lowest BCUT2D eigenvalue weighted by Gasteiger charge is -2.46. The van der Waals surface area contributed by atoms with Gasteiger partial charge in [0.05, 0.1) is 6.61 Å². The molecule has 0 aliphatic carbocycles. The van der Waals surface area contributed by atoms with E-state index in [1.165, 1.54) is 5.56 Å². The van der Waals surface area contributed by atoms with Crippen LogP contribution in [0.15, 0.2) is 30.3 Å². The first-order chi connectivity index (χ1) is 8.16. The van der Waals surface area contributed by atoms with E-state index in [2.05, 4.69) is 17.0 Å². The predicted octanol–water partition coefficient (Wildman–Crippen LogP) is 0.608. The number of carboxylic acid groups (broad SMARTS) is 1. The van der Waals surface area contributed by atoms with Crippen molar-refractivity contribution in [2.75, 3.05) is 26.2 Å². The Morgan fingerprint density at radius 3 is 2.47 bits per heavy atom. The van der Waals surface area contributed by atoms with E-state index >= 15 is 0 Å². The van der Waals surface area contributed by atoms with Crippen molar-refractivity contribution >= 4 is 5.97 Å². The van der Waals surface area contributed by atoms with Gasteiger partial charge in [-0.25, -0.2) is 0 Å². The number of carboxylic acids is 1. The summed E-state index contributed by atoms with van der Waals surface area (Å²) in [6.45, 7) is 1.47. The lowest BCUT2D eigenvalue weighted by molar-refractivity contribution is -0.165. The zero-order valence-corrected chi connectivity index (χ0v) is 9.67. The zero-order valence-electron chi connectivity index (χ0n) is 9.67. The van der Waals surface area contributed by atoms with Gasteiger partial charge >= 0.3 is 5.97 Å². The minimum absolute atomic E-state index is 0.274. The standard InChI is InChI=1S/C13H17NO3/c15-10-13(12(16)17)8-14(9-13)7-6-11-4-2-1-3-5-11/h1-5,15H,6-10H2,(H,16,17). The van der Waals surface area contributed by atoms with Crippen molar-refractivity contribution in [2.45, 2.75) is 6.42 Å². The number of hydrogen-bond donors (Lipinski definition) is 2. The van der Waals surface area contributed by atoms with Crippen molar-refractivity contribution < 1.29 is 15.0 Å². The molecule has 0 spiro atoms. The summed E-state index contributed by atoms with van der Waals surface area (Å²) in [4.78, 5) is 13.0. The largest absolute Gasteiger partial charge is 0.481 e. The molecule has 2 rings (SSSR count). The molecule has 17 heavy (non-hydrogen) atoms. The molecule has 1 heterocycles. The second-order valence-electron chi connectivity index (χ2n) is 4.69. The molecule has 1 aromatic carbocycles. The van der Waals surface area contributed by atoms with Crippen LogP contribution < -0.4 is 0 Å². The highest BCUT2D eigenvalue weighted by Crippen LogP contribution is 2.30. The number of benzene rings is 1. The summed E-state index contributed by atoms with van der Waals surface area (Å²) in [5.41, 5.74) is 0.334. The quantitative estimate of drug-likeness (QED) is 0.785. The molecule has 4 nitrogen and oxygen atoms in total. The average molecular weight is 235 g/mol. The van der Waals surface area contributed by atoms with E-state index in [9.17, 15) is 4.79 Å². The van der Waals surface area contributed by atoms with Gasteiger partial charge in [-0.2, -0.15) is 0 Å². The molecule has 0 aromatic heterocycles. The molecule has 4 heteroatoms. The molecule has 0 saturated carbocycles. The van der Waals surface area contributed by atoms with Crippen LogP contribution in [0.4, 0.5) is 0 Å². The summed E-state index contributed by atoms with van der Waals surface area (Å²) >= 11 is 0. The summed E-state index contributed by atoms with van der Waals surface area (Å²) in [5, 5.41) is 18.1. The molecule has 0 amide bonds. The molecule has 1 saturated heterocycles. The first kappa shape index (κ1) is 12.1. The third-order valence-electron chi connectivity index (χ3n) is 3.37. The van der Waals surface area contributed by atoms with Crippen LogP contribution in [0.2, 0.25) is 0 Å². The van der Waals surface area contributed by atoms with Gasteiger partial charge in [0.2, 0.25) is 0 Å². The Morgan fingerprint density at radius 2 is 1.94 bits per heavy atom. The molecule has 0 atom stereocenters. The Bertz CT molecular complexity index is 385.